The fraction of sp³-hybridized carbons (Fsp3) is 0.250. The van der Waals surface area contributed by atoms with Gasteiger partial charge in [0.1, 0.15) is 16.5 Å². The van der Waals surface area contributed by atoms with Gasteiger partial charge >= 0.3 is 0 Å². The normalized spacial score (nSPS) is 13.0. The molecular weight excluding hydrogens is 430 g/mol. The number of aryl methyl sites for hydroxylation is 2. The molecule has 2 aromatic carbocycles. The van der Waals surface area contributed by atoms with E-state index in [1.807, 2.05) is 35.6 Å². The molecule has 1 aliphatic rings. The van der Waals surface area contributed by atoms with Crippen LogP contribution in [0.3, 0.4) is 0 Å². The van der Waals surface area contributed by atoms with Crippen LogP contribution < -0.4 is 5.32 Å². The SMILES string of the molecule is Clc1ccc(SCc2nc(NCCc3ccccc3)c3c4c(sc3n2)CCC4)cc1. The van der Waals surface area contributed by atoms with Crippen molar-refractivity contribution in [1.29, 1.82) is 0 Å². The molecule has 0 radical (unpaired) electrons. The predicted molar refractivity (Wildman–Crippen MR) is 129 cm³/mol. The maximum absolute atomic E-state index is 6.00. The molecule has 0 unspecified atom stereocenters. The fourth-order valence-electron chi connectivity index (χ4n) is 3.88. The summed E-state index contributed by atoms with van der Waals surface area (Å²) in [7, 11) is 0. The van der Waals surface area contributed by atoms with Crippen molar-refractivity contribution in [3.63, 3.8) is 0 Å². The molecule has 2 heterocycles. The lowest BCUT2D eigenvalue weighted by Crippen LogP contribution is -2.09. The van der Waals surface area contributed by atoms with E-state index >= 15 is 0 Å². The molecule has 0 bridgehead atoms. The van der Waals surface area contributed by atoms with E-state index in [1.165, 1.54) is 39.1 Å². The summed E-state index contributed by atoms with van der Waals surface area (Å²) >= 11 is 9.60. The standard InChI is InChI=1S/C24H22ClN3S2/c25-17-9-11-18(12-10-17)29-15-21-27-23(26-14-13-16-5-2-1-3-6-16)22-19-7-4-8-20(19)30-24(22)28-21/h1-3,5-6,9-12H,4,7-8,13-15H2,(H,26,27,28). The van der Waals surface area contributed by atoms with E-state index < -0.39 is 0 Å². The molecule has 6 heteroatoms. The molecule has 2 aromatic heterocycles. The summed E-state index contributed by atoms with van der Waals surface area (Å²) in [4.78, 5) is 13.7. The number of anilines is 1. The van der Waals surface area contributed by atoms with Gasteiger partial charge in [-0.25, -0.2) is 9.97 Å². The summed E-state index contributed by atoms with van der Waals surface area (Å²) in [6.07, 6.45) is 4.54. The number of hydrogen-bond donors (Lipinski definition) is 1. The zero-order chi connectivity index (χ0) is 20.3. The molecule has 30 heavy (non-hydrogen) atoms. The third kappa shape index (κ3) is 4.34. The topological polar surface area (TPSA) is 37.8 Å². The second-order valence-corrected chi connectivity index (χ2v) is 10.00. The average Bonchev–Trinajstić information content (AvgIpc) is 3.35. The number of nitrogens with zero attached hydrogens (tertiary/aromatic N) is 2. The summed E-state index contributed by atoms with van der Waals surface area (Å²) < 4.78 is 0. The number of thioether (sulfide) groups is 1. The molecule has 0 fully saturated rings. The molecule has 5 rings (SSSR count). The van der Waals surface area contributed by atoms with Gasteiger partial charge in [-0.1, -0.05) is 41.9 Å². The molecule has 0 aliphatic heterocycles. The Morgan fingerprint density at radius 1 is 1.00 bits per heavy atom. The summed E-state index contributed by atoms with van der Waals surface area (Å²) in [6, 6.07) is 18.5. The van der Waals surface area contributed by atoms with Gasteiger partial charge in [-0.15, -0.1) is 23.1 Å². The zero-order valence-electron chi connectivity index (χ0n) is 16.5. The van der Waals surface area contributed by atoms with E-state index in [1.54, 1.807) is 11.8 Å². The van der Waals surface area contributed by atoms with Gasteiger partial charge in [-0.05, 0) is 61.1 Å². The Bertz CT molecular complexity index is 1160. The van der Waals surface area contributed by atoms with Crippen molar-refractivity contribution in [3.05, 3.63) is 81.4 Å². The van der Waals surface area contributed by atoms with Gasteiger partial charge in [0.15, 0.2) is 0 Å². The first-order chi connectivity index (χ1) is 14.8. The van der Waals surface area contributed by atoms with Crippen LogP contribution in [0.1, 0.15) is 28.2 Å². The average molecular weight is 452 g/mol. The van der Waals surface area contributed by atoms with E-state index in [4.69, 9.17) is 21.6 Å². The van der Waals surface area contributed by atoms with Gasteiger partial charge in [0, 0.05) is 21.3 Å². The first kappa shape index (κ1) is 19.9. The van der Waals surface area contributed by atoms with Gasteiger partial charge in [0.25, 0.3) is 0 Å². The third-order valence-electron chi connectivity index (χ3n) is 5.34. The Morgan fingerprint density at radius 2 is 1.83 bits per heavy atom. The summed E-state index contributed by atoms with van der Waals surface area (Å²) in [6.45, 7) is 0.866. The lowest BCUT2D eigenvalue weighted by molar-refractivity contribution is 0.916. The van der Waals surface area contributed by atoms with Crippen LogP contribution in [-0.2, 0) is 25.0 Å². The molecule has 1 N–H and O–H groups in total. The van der Waals surface area contributed by atoms with E-state index in [9.17, 15) is 0 Å². The molecule has 0 saturated heterocycles. The molecule has 3 nitrogen and oxygen atoms in total. The van der Waals surface area contributed by atoms with E-state index in [0.717, 1.165) is 46.6 Å². The predicted octanol–water partition coefficient (Wildman–Crippen LogP) is 6.78. The minimum atomic E-state index is 0.744. The molecule has 1 aliphatic carbocycles. The third-order valence-corrected chi connectivity index (χ3v) is 7.79. The van der Waals surface area contributed by atoms with Gasteiger partial charge in [-0.2, -0.15) is 0 Å². The highest BCUT2D eigenvalue weighted by molar-refractivity contribution is 7.98. The number of benzene rings is 2. The molecule has 4 aromatic rings. The van der Waals surface area contributed by atoms with Crippen LogP contribution in [0, 0.1) is 0 Å². The molecule has 0 amide bonds. The van der Waals surface area contributed by atoms with E-state index in [2.05, 4.69) is 35.6 Å². The van der Waals surface area contributed by atoms with Crippen molar-refractivity contribution >= 4 is 50.7 Å². The van der Waals surface area contributed by atoms with Crippen molar-refractivity contribution in [2.75, 3.05) is 11.9 Å². The monoisotopic (exact) mass is 451 g/mol. The van der Waals surface area contributed by atoms with Crippen LogP contribution in [0.2, 0.25) is 5.02 Å². The van der Waals surface area contributed by atoms with E-state index in [-0.39, 0.29) is 0 Å². The Kier molecular flexibility index (Phi) is 5.93. The van der Waals surface area contributed by atoms with Crippen molar-refractivity contribution in [2.45, 2.75) is 36.3 Å². The number of nitrogens with one attached hydrogen (secondary N) is 1. The van der Waals surface area contributed by atoms with Crippen molar-refractivity contribution < 1.29 is 0 Å². The van der Waals surface area contributed by atoms with Crippen LogP contribution in [0.15, 0.2) is 59.5 Å². The van der Waals surface area contributed by atoms with Crippen molar-refractivity contribution in [3.8, 4) is 0 Å². The Morgan fingerprint density at radius 3 is 2.67 bits per heavy atom. The largest absolute Gasteiger partial charge is 0.369 e. The van der Waals surface area contributed by atoms with Crippen LogP contribution >= 0.6 is 34.7 Å². The zero-order valence-corrected chi connectivity index (χ0v) is 18.9. The Labute approximate surface area is 189 Å². The van der Waals surface area contributed by atoms with E-state index in [0.29, 0.717) is 0 Å². The molecule has 0 atom stereocenters. The summed E-state index contributed by atoms with van der Waals surface area (Å²) in [5, 5.41) is 5.64. The van der Waals surface area contributed by atoms with Crippen LogP contribution in [0.5, 0.6) is 0 Å². The maximum Gasteiger partial charge on any atom is 0.142 e. The first-order valence-corrected chi connectivity index (χ1v) is 12.4. The number of rotatable bonds is 7. The van der Waals surface area contributed by atoms with Gasteiger partial charge in [0.05, 0.1) is 11.1 Å². The highest BCUT2D eigenvalue weighted by Crippen LogP contribution is 2.40. The number of hydrogen-bond acceptors (Lipinski definition) is 5. The first-order valence-electron chi connectivity index (χ1n) is 10.2. The minimum Gasteiger partial charge on any atom is -0.369 e. The molecular formula is C24H22ClN3S2. The van der Waals surface area contributed by atoms with Gasteiger partial charge in [-0.3, -0.25) is 0 Å². The summed E-state index contributed by atoms with van der Waals surface area (Å²) in [5.41, 5.74) is 2.80. The quantitative estimate of drug-likeness (QED) is 0.314. The maximum atomic E-state index is 6.00. The lowest BCUT2D eigenvalue weighted by atomic mass is 10.1. The summed E-state index contributed by atoms with van der Waals surface area (Å²) in [5.74, 6) is 2.62. The number of thiophene rings is 1. The lowest BCUT2D eigenvalue weighted by Gasteiger charge is -2.10. The van der Waals surface area contributed by atoms with Crippen molar-refractivity contribution in [1.82, 2.24) is 9.97 Å². The molecule has 152 valence electrons. The second kappa shape index (κ2) is 8.96. The number of fused-ring (bicyclic) bond motifs is 3. The molecule has 0 spiro atoms. The second-order valence-electron chi connectivity index (χ2n) is 7.43. The van der Waals surface area contributed by atoms with Crippen LogP contribution in [0.4, 0.5) is 5.82 Å². The number of aromatic nitrogens is 2. The number of halogens is 1. The Balaban J connectivity index is 1.39. The highest BCUT2D eigenvalue weighted by atomic mass is 35.5. The smallest absolute Gasteiger partial charge is 0.142 e. The Hall–Kier alpha value is -2.08. The van der Waals surface area contributed by atoms with Crippen LogP contribution in [0.25, 0.3) is 10.2 Å². The van der Waals surface area contributed by atoms with Gasteiger partial charge in [0.2, 0.25) is 0 Å². The van der Waals surface area contributed by atoms with Crippen molar-refractivity contribution in [2.24, 2.45) is 0 Å². The van der Waals surface area contributed by atoms with Crippen LogP contribution in [-0.4, -0.2) is 16.5 Å². The molecule has 0 saturated carbocycles. The fourth-order valence-corrected chi connectivity index (χ4v) is 6.04. The van der Waals surface area contributed by atoms with Gasteiger partial charge < -0.3 is 5.32 Å². The minimum absolute atomic E-state index is 0.744. The highest BCUT2D eigenvalue weighted by Gasteiger charge is 2.22.